The maximum Gasteiger partial charge on any atom is 0.203 e. The molecule has 0 saturated heterocycles. The van der Waals surface area contributed by atoms with E-state index >= 15 is 0 Å². The molecule has 3 nitrogen and oxygen atoms in total. The van der Waals surface area contributed by atoms with Gasteiger partial charge in [-0.25, -0.2) is 9.37 Å². The average Bonchev–Trinajstić information content (AvgIpc) is 2.68. The van der Waals surface area contributed by atoms with Gasteiger partial charge in [0.2, 0.25) is 5.95 Å². The van der Waals surface area contributed by atoms with Gasteiger partial charge in [-0.15, -0.1) is 0 Å². The Morgan fingerprint density at radius 1 is 1.26 bits per heavy atom. The summed E-state index contributed by atoms with van der Waals surface area (Å²) < 4.78 is 15.4. The van der Waals surface area contributed by atoms with E-state index in [0.717, 1.165) is 17.2 Å². The van der Waals surface area contributed by atoms with Crippen LogP contribution in [0.2, 0.25) is 0 Å². The second kappa shape index (κ2) is 5.43. The number of aryl methyl sites for hydroxylation is 1. The minimum Gasteiger partial charge on any atom is -0.353 e. The second-order valence-corrected chi connectivity index (χ2v) is 5.14. The van der Waals surface area contributed by atoms with Gasteiger partial charge >= 0.3 is 0 Å². The van der Waals surface area contributed by atoms with E-state index in [4.69, 9.17) is 0 Å². The number of imidazole rings is 1. The Kier molecular flexibility index (Phi) is 3.88. The van der Waals surface area contributed by atoms with Crippen LogP contribution in [0.25, 0.3) is 0 Å². The minimum atomic E-state index is -0.209. The quantitative estimate of drug-likeness (QED) is 0.908. The van der Waals surface area contributed by atoms with Crippen molar-refractivity contribution in [2.45, 2.75) is 39.8 Å². The lowest BCUT2D eigenvalue weighted by Crippen LogP contribution is -2.17. The Balaban J connectivity index is 2.35. The predicted molar refractivity (Wildman–Crippen MR) is 75.9 cm³/mol. The molecule has 1 heterocycles. The molecule has 19 heavy (non-hydrogen) atoms. The number of hydrogen-bond donors (Lipinski definition) is 1. The predicted octanol–water partition coefficient (Wildman–Crippen LogP) is 3.76. The third-order valence-corrected chi connectivity index (χ3v) is 3.02. The molecule has 2 rings (SSSR count). The summed E-state index contributed by atoms with van der Waals surface area (Å²) in [5.41, 5.74) is 1.88. The first-order valence-corrected chi connectivity index (χ1v) is 6.55. The number of nitrogens with one attached hydrogen (secondary N) is 1. The molecule has 0 radical (unpaired) electrons. The Hall–Kier alpha value is -1.84. The number of nitrogens with zero attached hydrogens (tertiary/aromatic N) is 2. The summed E-state index contributed by atoms with van der Waals surface area (Å²) in [6.07, 6.45) is 1.99. The fourth-order valence-corrected chi connectivity index (χ4v) is 2.10. The Labute approximate surface area is 113 Å². The van der Waals surface area contributed by atoms with E-state index < -0.39 is 0 Å². The SMILES string of the molecule is Cc1cn(C(C)c2cccc(F)c2)c(NC(C)C)n1. The molecular weight excluding hydrogens is 241 g/mol. The zero-order chi connectivity index (χ0) is 14.0. The van der Waals surface area contributed by atoms with Crippen molar-refractivity contribution in [1.29, 1.82) is 0 Å². The highest BCUT2D eigenvalue weighted by Gasteiger charge is 2.14. The van der Waals surface area contributed by atoms with Gasteiger partial charge in [-0.2, -0.15) is 0 Å². The van der Waals surface area contributed by atoms with E-state index in [-0.39, 0.29) is 11.9 Å². The van der Waals surface area contributed by atoms with Crippen LogP contribution < -0.4 is 5.32 Å². The monoisotopic (exact) mass is 261 g/mol. The topological polar surface area (TPSA) is 29.9 Å². The van der Waals surface area contributed by atoms with E-state index in [0.29, 0.717) is 6.04 Å². The zero-order valence-corrected chi connectivity index (χ0v) is 11.8. The third kappa shape index (κ3) is 3.13. The Morgan fingerprint density at radius 3 is 2.63 bits per heavy atom. The number of halogens is 1. The summed E-state index contributed by atoms with van der Waals surface area (Å²) in [6, 6.07) is 7.04. The van der Waals surface area contributed by atoms with Crippen molar-refractivity contribution < 1.29 is 4.39 Å². The summed E-state index contributed by atoms with van der Waals surface area (Å²) in [5.74, 6) is 0.615. The van der Waals surface area contributed by atoms with Gasteiger partial charge in [0.05, 0.1) is 11.7 Å². The first kappa shape index (κ1) is 13.6. The lowest BCUT2D eigenvalue weighted by Gasteiger charge is -2.18. The summed E-state index contributed by atoms with van der Waals surface area (Å²) in [5, 5.41) is 3.32. The van der Waals surface area contributed by atoms with E-state index in [1.165, 1.54) is 6.07 Å². The van der Waals surface area contributed by atoms with Gasteiger partial charge in [0, 0.05) is 12.2 Å². The lowest BCUT2D eigenvalue weighted by atomic mass is 10.1. The number of aromatic nitrogens is 2. The molecule has 1 aromatic carbocycles. The van der Waals surface area contributed by atoms with Gasteiger partial charge in [0.25, 0.3) is 0 Å². The fourth-order valence-electron chi connectivity index (χ4n) is 2.10. The minimum absolute atomic E-state index is 0.0400. The van der Waals surface area contributed by atoms with E-state index in [2.05, 4.69) is 24.1 Å². The molecule has 0 bridgehead atoms. The van der Waals surface area contributed by atoms with Crippen molar-refractivity contribution in [2.24, 2.45) is 0 Å². The van der Waals surface area contributed by atoms with Crippen LogP contribution in [0.4, 0.5) is 10.3 Å². The van der Waals surface area contributed by atoms with Crippen molar-refractivity contribution in [3.05, 3.63) is 47.5 Å². The molecule has 0 aliphatic carbocycles. The standard InChI is InChI=1S/C15H20FN3/c1-10(2)17-15-18-11(3)9-19(15)12(4)13-6-5-7-14(16)8-13/h5-10,12H,1-4H3,(H,17,18). The normalized spacial score (nSPS) is 12.7. The van der Waals surface area contributed by atoms with Gasteiger partial charge < -0.3 is 9.88 Å². The zero-order valence-electron chi connectivity index (χ0n) is 11.8. The van der Waals surface area contributed by atoms with Crippen LogP contribution in [0.5, 0.6) is 0 Å². The Bertz CT molecular complexity index is 560. The van der Waals surface area contributed by atoms with Crippen molar-refractivity contribution in [2.75, 3.05) is 5.32 Å². The van der Waals surface area contributed by atoms with Crippen molar-refractivity contribution in [3.63, 3.8) is 0 Å². The molecule has 1 N–H and O–H groups in total. The fraction of sp³-hybridized carbons (Fsp3) is 0.400. The molecule has 0 aliphatic heterocycles. The van der Waals surface area contributed by atoms with Crippen molar-refractivity contribution in [1.82, 2.24) is 9.55 Å². The first-order valence-electron chi connectivity index (χ1n) is 6.55. The molecule has 4 heteroatoms. The highest BCUT2D eigenvalue weighted by atomic mass is 19.1. The van der Waals surface area contributed by atoms with Gasteiger partial charge in [-0.05, 0) is 45.4 Å². The summed E-state index contributed by atoms with van der Waals surface area (Å²) in [6.45, 7) is 8.14. The van der Waals surface area contributed by atoms with Crippen LogP contribution in [0.15, 0.2) is 30.5 Å². The van der Waals surface area contributed by atoms with Crippen LogP contribution in [0, 0.1) is 12.7 Å². The van der Waals surface area contributed by atoms with Crippen LogP contribution in [0.1, 0.15) is 38.1 Å². The van der Waals surface area contributed by atoms with Crippen LogP contribution >= 0.6 is 0 Å². The van der Waals surface area contributed by atoms with Crippen LogP contribution in [-0.2, 0) is 0 Å². The summed E-state index contributed by atoms with van der Waals surface area (Å²) in [4.78, 5) is 4.48. The molecule has 102 valence electrons. The molecule has 0 amide bonds. The molecule has 0 spiro atoms. The van der Waals surface area contributed by atoms with E-state index in [9.17, 15) is 4.39 Å². The number of rotatable bonds is 4. The first-order chi connectivity index (χ1) is 8.97. The highest BCUT2D eigenvalue weighted by Crippen LogP contribution is 2.23. The molecule has 0 saturated carbocycles. The number of anilines is 1. The molecule has 1 unspecified atom stereocenters. The van der Waals surface area contributed by atoms with Crippen molar-refractivity contribution >= 4 is 5.95 Å². The number of benzene rings is 1. The van der Waals surface area contributed by atoms with Gasteiger partial charge in [0.15, 0.2) is 0 Å². The summed E-state index contributed by atoms with van der Waals surface area (Å²) >= 11 is 0. The lowest BCUT2D eigenvalue weighted by molar-refractivity contribution is 0.604. The summed E-state index contributed by atoms with van der Waals surface area (Å²) in [7, 11) is 0. The maximum atomic E-state index is 13.3. The van der Waals surface area contributed by atoms with Crippen molar-refractivity contribution in [3.8, 4) is 0 Å². The third-order valence-electron chi connectivity index (χ3n) is 3.02. The highest BCUT2D eigenvalue weighted by molar-refractivity contribution is 5.33. The molecule has 2 aromatic rings. The average molecular weight is 261 g/mol. The molecule has 1 aromatic heterocycles. The van der Waals surface area contributed by atoms with Gasteiger partial charge in [0.1, 0.15) is 5.82 Å². The van der Waals surface area contributed by atoms with Gasteiger partial charge in [-0.3, -0.25) is 0 Å². The Morgan fingerprint density at radius 2 is 2.00 bits per heavy atom. The second-order valence-electron chi connectivity index (χ2n) is 5.14. The van der Waals surface area contributed by atoms with Crippen LogP contribution in [-0.4, -0.2) is 15.6 Å². The largest absolute Gasteiger partial charge is 0.353 e. The van der Waals surface area contributed by atoms with Gasteiger partial charge in [-0.1, -0.05) is 12.1 Å². The van der Waals surface area contributed by atoms with E-state index in [1.54, 1.807) is 12.1 Å². The smallest absolute Gasteiger partial charge is 0.203 e. The molecule has 1 atom stereocenters. The maximum absolute atomic E-state index is 13.3. The molecule has 0 fully saturated rings. The molecule has 0 aliphatic rings. The molecular formula is C15H20FN3. The van der Waals surface area contributed by atoms with E-state index in [1.807, 2.05) is 30.7 Å². The van der Waals surface area contributed by atoms with Crippen LogP contribution in [0.3, 0.4) is 0 Å². The number of hydrogen-bond acceptors (Lipinski definition) is 2.